The van der Waals surface area contributed by atoms with Gasteiger partial charge in [-0.25, -0.2) is 18.1 Å². The lowest BCUT2D eigenvalue weighted by molar-refractivity contribution is 0.575. The summed E-state index contributed by atoms with van der Waals surface area (Å²) in [5.74, 6) is -0.0508. The summed E-state index contributed by atoms with van der Waals surface area (Å²) in [5.41, 5.74) is 5.43. The van der Waals surface area contributed by atoms with Gasteiger partial charge in [0.25, 0.3) is 10.0 Å². The van der Waals surface area contributed by atoms with Crippen LogP contribution in [0.4, 0.5) is 5.82 Å². The second-order valence-electron chi connectivity index (χ2n) is 2.89. The number of nitrogens with zero attached hydrogens (tertiary/aromatic N) is 2. The van der Waals surface area contributed by atoms with E-state index in [9.17, 15) is 8.42 Å². The van der Waals surface area contributed by atoms with Gasteiger partial charge in [0.2, 0.25) is 0 Å². The van der Waals surface area contributed by atoms with Crippen molar-refractivity contribution in [2.24, 2.45) is 7.05 Å². The van der Waals surface area contributed by atoms with Crippen molar-refractivity contribution in [3.63, 3.8) is 0 Å². The molecule has 1 aromatic rings. The molecule has 0 atom stereocenters. The number of sulfonamides is 1. The van der Waals surface area contributed by atoms with Crippen LogP contribution >= 0.6 is 11.6 Å². The number of aromatic nitrogens is 2. The van der Waals surface area contributed by atoms with E-state index in [0.29, 0.717) is 0 Å². The molecule has 15 heavy (non-hydrogen) atoms. The summed E-state index contributed by atoms with van der Waals surface area (Å²) >= 11 is 5.45. The first-order chi connectivity index (χ1) is 6.84. The predicted octanol–water partition coefficient (Wildman–Crippen LogP) is 0.0331. The zero-order valence-corrected chi connectivity index (χ0v) is 9.64. The average Bonchev–Trinajstić information content (AvgIpc) is 2.43. The standard InChI is InChI=1S/C7H11ClN4O2S/c1-5(8)3-11-15(13,14)7-6(9)10-4-12(7)2/h4,11H,1,3,9H2,2H3. The Hall–Kier alpha value is -1.05. The number of hydrogen-bond acceptors (Lipinski definition) is 4. The molecule has 0 radical (unpaired) electrons. The molecule has 1 rings (SSSR count). The molecule has 0 amide bonds. The zero-order valence-electron chi connectivity index (χ0n) is 8.07. The molecule has 0 unspecified atom stereocenters. The molecule has 3 N–H and O–H groups in total. The molecule has 0 saturated heterocycles. The molecule has 8 heteroatoms. The van der Waals surface area contributed by atoms with Crippen molar-refractivity contribution in [3.8, 4) is 0 Å². The van der Waals surface area contributed by atoms with Crippen LogP contribution in [0.1, 0.15) is 0 Å². The quantitative estimate of drug-likeness (QED) is 0.789. The minimum atomic E-state index is -3.69. The van der Waals surface area contributed by atoms with E-state index in [0.717, 1.165) is 0 Å². The lowest BCUT2D eigenvalue weighted by atomic mass is 10.7. The normalized spacial score (nSPS) is 11.6. The van der Waals surface area contributed by atoms with Crippen molar-refractivity contribution < 1.29 is 8.42 Å². The lowest BCUT2D eigenvalue weighted by Gasteiger charge is -2.06. The summed E-state index contributed by atoms with van der Waals surface area (Å²) in [4.78, 5) is 3.68. The highest BCUT2D eigenvalue weighted by molar-refractivity contribution is 7.89. The third-order valence-corrected chi connectivity index (χ3v) is 3.28. The third-order valence-electron chi connectivity index (χ3n) is 1.62. The number of nitrogen functional groups attached to an aromatic ring is 1. The number of anilines is 1. The van der Waals surface area contributed by atoms with Crippen LogP contribution in [0.25, 0.3) is 0 Å². The molecule has 0 spiro atoms. The Morgan fingerprint density at radius 3 is 2.80 bits per heavy atom. The molecule has 1 heterocycles. The van der Waals surface area contributed by atoms with E-state index >= 15 is 0 Å². The van der Waals surface area contributed by atoms with Gasteiger partial charge in [-0.1, -0.05) is 18.2 Å². The van der Waals surface area contributed by atoms with Gasteiger partial charge in [0.15, 0.2) is 10.8 Å². The maximum Gasteiger partial charge on any atom is 0.260 e. The first-order valence-corrected chi connectivity index (χ1v) is 5.80. The van der Waals surface area contributed by atoms with Gasteiger partial charge in [0.05, 0.1) is 6.33 Å². The lowest BCUT2D eigenvalue weighted by Crippen LogP contribution is -2.27. The molecule has 0 aliphatic rings. The van der Waals surface area contributed by atoms with Crippen LogP contribution < -0.4 is 10.5 Å². The summed E-state index contributed by atoms with van der Waals surface area (Å²) in [6.07, 6.45) is 1.32. The molecule has 0 aliphatic carbocycles. The number of nitrogens with two attached hydrogens (primary N) is 1. The van der Waals surface area contributed by atoms with Crippen molar-refractivity contribution in [3.05, 3.63) is 17.9 Å². The SMILES string of the molecule is C=C(Cl)CNS(=O)(=O)c1c(N)ncn1C. The second-order valence-corrected chi connectivity index (χ2v) is 5.10. The summed E-state index contributed by atoms with van der Waals surface area (Å²) in [6.45, 7) is 3.32. The van der Waals surface area contributed by atoms with Crippen molar-refractivity contribution in [1.82, 2.24) is 14.3 Å². The second kappa shape index (κ2) is 4.21. The van der Waals surface area contributed by atoms with Crippen molar-refractivity contribution in [2.45, 2.75) is 5.03 Å². The molecule has 0 saturated carbocycles. The fourth-order valence-electron chi connectivity index (χ4n) is 1.01. The maximum atomic E-state index is 11.7. The molecule has 0 aromatic carbocycles. The number of rotatable bonds is 4. The van der Waals surface area contributed by atoms with Gasteiger partial charge in [0, 0.05) is 18.6 Å². The first-order valence-electron chi connectivity index (χ1n) is 3.94. The first kappa shape index (κ1) is 12.0. The van der Waals surface area contributed by atoms with Gasteiger partial charge < -0.3 is 10.3 Å². The smallest absolute Gasteiger partial charge is 0.260 e. The molecule has 1 aromatic heterocycles. The van der Waals surface area contributed by atoms with E-state index < -0.39 is 10.0 Å². The number of imidazole rings is 1. The van der Waals surface area contributed by atoms with Gasteiger partial charge in [-0.2, -0.15) is 0 Å². The third kappa shape index (κ3) is 2.71. The minimum Gasteiger partial charge on any atom is -0.381 e. The van der Waals surface area contributed by atoms with Crippen LogP contribution in [0.15, 0.2) is 23.0 Å². The molecule has 84 valence electrons. The highest BCUT2D eigenvalue weighted by atomic mass is 35.5. The predicted molar refractivity (Wildman–Crippen MR) is 57.8 cm³/mol. The Bertz CT molecular complexity index is 460. The fraction of sp³-hybridized carbons (Fsp3) is 0.286. The van der Waals surface area contributed by atoms with Crippen LogP contribution in [-0.4, -0.2) is 24.5 Å². The number of halogens is 1. The molecule has 0 aliphatic heterocycles. The molecular weight excluding hydrogens is 240 g/mol. The van der Waals surface area contributed by atoms with E-state index in [1.807, 2.05) is 0 Å². The maximum absolute atomic E-state index is 11.7. The van der Waals surface area contributed by atoms with Crippen LogP contribution in [0.2, 0.25) is 0 Å². The van der Waals surface area contributed by atoms with Crippen LogP contribution in [0.3, 0.4) is 0 Å². The molecule has 6 nitrogen and oxygen atoms in total. The highest BCUT2D eigenvalue weighted by Crippen LogP contribution is 2.15. The van der Waals surface area contributed by atoms with E-state index in [1.165, 1.54) is 17.9 Å². The average molecular weight is 251 g/mol. The summed E-state index contributed by atoms with van der Waals surface area (Å²) < 4.78 is 26.9. The number of hydrogen-bond donors (Lipinski definition) is 2. The van der Waals surface area contributed by atoms with Crippen molar-refractivity contribution >= 4 is 27.4 Å². The monoisotopic (exact) mass is 250 g/mol. The van der Waals surface area contributed by atoms with Gasteiger partial charge >= 0.3 is 0 Å². The topological polar surface area (TPSA) is 90.0 Å². The van der Waals surface area contributed by atoms with E-state index in [1.54, 1.807) is 0 Å². The summed E-state index contributed by atoms with van der Waals surface area (Å²) in [5, 5.41) is 0.111. The Labute approximate surface area is 92.8 Å². The van der Waals surface area contributed by atoms with Crippen LogP contribution in [-0.2, 0) is 17.1 Å². The van der Waals surface area contributed by atoms with Gasteiger partial charge in [-0.3, -0.25) is 0 Å². The minimum absolute atomic E-state index is 0.0471. The van der Waals surface area contributed by atoms with E-state index in [2.05, 4.69) is 16.3 Å². The molecular formula is C7H11ClN4O2S. The Balaban J connectivity index is 3.01. The summed E-state index contributed by atoms with van der Waals surface area (Å²) in [7, 11) is -2.16. The van der Waals surface area contributed by atoms with Gasteiger partial charge in [-0.15, -0.1) is 0 Å². The van der Waals surface area contributed by atoms with Gasteiger partial charge in [-0.05, 0) is 0 Å². The fourth-order valence-corrected chi connectivity index (χ4v) is 2.41. The largest absolute Gasteiger partial charge is 0.381 e. The molecule has 0 fully saturated rings. The van der Waals surface area contributed by atoms with E-state index in [4.69, 9.17) is 17.3 Å². The molecule has 0 bridgehead atoms. The Morgan fingerprint density at radius 2 is 2.40 bits per heavy atom. The van der Waals surface area contributed by atoms with Crippen LogP contribution in [0, 0.1) is 0 Å². The van der Waals surface area contributed by atoms with E-state index in [-0.39, 0.29) is 22.4 Å². The highest BCUT2D eigenvalue weighted by Gasteiger charge is 2.21. The summed E-state index contributed by atoms with van der Waals surface area (Å²) in [6, 6.07) is 0. The van der Waals surface area contributed by atoms with Crippen LogP contribution in [0.5, 0.6) is 0 Å². The Morgan fingerprint density at radius 1 is 1.80 bits per heavy atom. The van der Waals surface area contributed by atoms with Crippen molar-refractivity contribution in [2.75, 3.05) is 12.3 Å². The number of aryl methyl sites for hydroxylation is 1. The zero-order chi connectivity index (χ0) is 11.6. The van der Waals surface area contributed by atoms with Gasteiger partial charge in [0.1, 0.15) is 0 Å². The Kier molecular flexibility index (Phi) is 3.38. The van der Waals surface area contributed by atoms with Crippen molar-refractivity contribution in [1.29, 1.82) is 0 Å². The number of nitrogens with one attached hydrogen (secondary N) is 1.